The molecule has 0 aromatic rings. The van der Waals surface area contributed by atoms with Gasteiger partial charge in [0.05, 0.1) is 6.26 Å². The molecular formula is C16H27O6Si. The molecule has 0 aromatic carbocycles. The molecule has 0 bridgehead atoms. The summed E-state index contributed by atoms with van der Waals surface area (Å²) in [6.45, 7) is 11.1. The summed E-state index contributed by atoms with van der Waals surface area (Å²) in [4.78, 5) is 22.5. The van der Waals surface area contributed by atoms with E-state index in [1.165, 1.54) is 20.1 Å². The standard InChI is InChI=1S/C16H27O6Si/c1-10(2)23(11(3)4)22-16(21-13(6)18)15-9-14(7-8-19-15)20-12(5)17/h7-8,10-11,14-16H,9H2,1-6H3. The summed E-state index contributed by atoms with van der Waals surface area (Å²) in [7, 11) is -1.20. The van der Waals surface area contributed by atoms with E-state index in [-0.39, 0.29) is 5.97 Å². The summed E-state index contributed by atoms with van der Waals surface area (Å²) in [5.74, 6) is -0.787. The molecule has 1 aliphatic heterocycles. The molecule has 0 saturated carbocycles. The quantitative estimate of drug-likeness (QED) is 0.402. The summed E-state index contributed by atoms with van der Waals surface area (Å²) in [5, 5.41) is 0. The minimum absolute atomic E-state index is 0.362. The van der Waals surface area contributed by atoms with Crippen molar-refractivity contribution in [1.82, 2.24) is 0 Å². The molecule has 0 saturated heterocycles. The van der Waals surface area contributed by atoms with Gasteiger partial charge >= 0.3 is 11.9 Å². The van der Waals surface area contributed by atoms with Crippen molar-refractivity contribution in [2.75, 3.05) is 0 Å². The van der Waals surface area contributed by atoms with Crippen LogP contribution < -0.4 is 0 Å². The van der Waals surface area contributed by atoms with Crippen LogP contribution >= 0.6 is 0 Å². The number of hydrogen-bond donors (Lipinski definition) is 0. The van der Waals surface area contributed by atoms with Crippen LogP contribution in [0.1, 0.15) is 48.0 Å². The first kappa shape index (κ1) is 19.7. The highest BCUT2D eigenvalue weighted by atomic mass is 28.3. The predicted molar refractivity (Wildman–Crippen MR) is 86.8 cm³/mol. The lowest BCUT2D eigenvalue weighted by Crippen LogP contribution is -2.43. The molecule has 0 fully saturated rings. The maximum Gasteiger partial charge on any atom is 0.305 e. The molecule has 23 heavy (non-hydrogen) atoms. The number of esters is 2. The first-order chi connectivity index (χ1) is 10.7. The Kier molecular flexibility index (Phi) is 7.77. The molecule has 1 aliphatic rings. The number of hydrogen-bond acceptors (Lipinski definition) is 6. The number of carbonyl (C=O) groups is 2. The van der Waals surface area contributed by atoms with E-state index in [1.807, 2.05) is 0 Å². The fourth-order valence-electron chi connectivity index (χ4n) is 2.49. The van der Waals surface area contributed by atoms with Gasteiger partial charge < -0.3 is 18.6 Å². The highest BCUT2D eigenvalue weighted by Crippen LogP contribution is 2.27. The van der Waals surface area contributed by atoms with Gasteiger partial charge in [-0.3, -0.25) is 9.59 Å². The van der Waals surface area contributed by atoms with Crippen molar-refractivity contribution >= 4 is 21.0 Å². The van der Waals surface area contributed by atoms with Crippen molar-refractivity contribution in [2.24, 2.45) is 0 Å². The first-order valence-electron chi connectivity index (χ1n) is 7.90. The fraction of sp³-hybridized carbons (Fsp3) is 0.750. The van der Waals surface area contributed by atoms with E-state index in [1.54, 1.807) is 6.08 Å². The zero-order valence-electron chi connectivity index (χ0n) is 14.7. The van der Waals surface area contributed by atoms with Crippen LogP contribution in [-0.4, -0.2) is 39.5 Å². The first-order valence-corrected chi connectivity index (χ1v) is 9.47. The molecule has 0 spiro atoms. The van der Waals surface area contributed by atoms with Gasteiger partial charge in [0.2, 0.25) is 15.3 Å². The van der Waals surface area contributed by atoms with E-state index in [4.69, 9.17) is 18.6 Å². The SMILES string of the molecule is CC(=O)OC1C=COC(C(OC(C)=O)O[Si](C(C)C)C(C)C)C1. The maximum absolute atomic E-state index is 11.4. The highest BCUT2D eigenvalue weighted by molar-refractivity contribution is 6.55. The van der Waals surface area contributed by atoms with E-state index in [9.17, 15) is 9.59 Å². The van der Waals surface area contributed by atoms with Crippen molar-refractivity contribution in [1.29, 1.82) is 0 Å². The molecule has 6 nitrogen and oxygen atoms in total. The molecule has 0 N–H and O–H groups in total. The average molecular weight is 343 g/mol. The van der Waals surface area contributed by atoms with E-state index in [0.29, 0.717) is 17.5 Å². The third-order valence-electron chi connectivity index (χ3n) is 3.30. The third kappa shape index (κ3) is 6.74. The lowest BCUT2D eigenvalue weighted by molar-refractivity contribution is -0.185. The third-order valence-corrected chi connectivity index (χ3v) is 6.09. The Labute approximate surface area is 139 Å². The Bertz CT molecular complexity index is 426. The zero-order chi connectivity index (χ0) is 17.6. The molecule has 0 amide bonds. The molecule has 0 aliphatic carbocycles. The van der Waals surface area contributed by atoms with Gasteiger partial charge in [0.15, 0.2) is 6.10 Å². The summed E-state index contributed by atoms with van der Waals surface area (Å²) in [6.07, 6.45) is 1.83. The second kappa shape index (κ2) is 9.07. The van der Waals surface area contributed by atoms with Gasteiger partial charge in [0.25, 0.3) is 0 Å². The monoisotopic (exact) mass is 343 g/mol. The zero-order valence-corrected chi connectivity index (χ0v) is 15.7. The largest absolute Gasteiger partial charge is 0.492 e. The predicted octanol–water partition coefficient (Wildman–Crippen LogP) is 2.94. The highest BCUT2D eigenvalue weighted by Gasteiger charge is 2.36. The Hall–Kier alpha value is -1.34. The average Bonchev–Trinajstić information content (AvgIpc) is 2.41. The van der Waals surface area contributed by atoms with Crippen molar-refractivity contribution in [3.05, 3.63) is 12.3 Å². The molecular weight excluding hydrogens is 316 g/mol. The summed E-state index contributed by atoms with van der Waals surface area (Å²) in [5.41, 5.74) is 0.725. The molecule has 1 heterocycles. The Balaban J connectivity index is 2.82. The van der Waals surface area contributed by atoms with Crippen molar-refractivity contribution < 1.29 is 28.2 Å². The maximum atomic E-state index is 11.4. The van der Waals surface area contributed by atoms with Gasteiger partial charge in [-0.1, -0.05) is 27.7 Å². The molecule has 7 heteroatoms. The molecule has 0 aromatic heterocycles. The lowest BCUT2D eigenvalue weighted by Gasteiger charge is -2.34. The minimum atomic E-state index is -1.20. The summed E-state index contributed by atoms with van der Waals surface area (Å²) < 4.78 is 22.2. The molecule has 1 rings (SSSR count). The Morgan fingerprint density at radius 2 is 1.74 bits per heavy atom. The molecule has 3 unspecified atom stereocenters. The molecule has 131 valence electrons. The van der Waals surface area contributed by atoms with Crippen LogP contribution in [0.5, 0.6) is 0 Å². The van der Waals surface area contributed by atoms with Gasteiger partial charge in [-0.25, -0.2) is 0 Å². The van der Waals surface area contributed by atoms with E-state index in [0.717, 1.165) is 0 Å². The van der Waals surface area contributed by atoms with E-state index >= 15 is 0 Å². The van der Waals surface area contributed by atoms with Crippen molar-refractivity contribution in [2.45, 2.75) is 77.5 Å². The van der Waals surface area contributed by atoms with Crippen LogP contribution in [-0.2, 0) is 28.2 Å². The fourth-order valence-corrected chi connectivity index (χ4v) is 4.83. The van der Waals surface area contributed by atoms with Crippen molar-refractivity contribution in [3.63, 3.8) is 0 Å². The van der Waals surface area contributed by atoms with Crippen LogP contribution in [0.2, 0.25) is 11.1 Å². The van der Waals surface area contributed by atoms with Gasteiger partial charge in [-0.05, 0) is 17.2 Å². The Morgan fingerprint density at radius 1 is 1.13 bits per heavy atom. The smallest absolute Gasteiger partial charge is 0.305 e. The number of ether oxygens (including phenoxy) is 3. The molecule has 1 radical (unpaired) electrons. The van der Waals surface area contributed by atoms with E-state index < -0.39 is 33.5 Å². The Morgan fingerprint density at radius 3 is 2.22 bits per heavy atom. The van der Waals surface area contributed by atoms with Crippen LogP contribution in [0.4, 0.5) is 0 Å². The van der Waals surface area contributed by atoms with E-state index in [2.05, 4.69) is 27.7 Å². The van der Waals surface area contributed by atoms with Crippen LogP contribution in [0.25, 0.3) is 0 Å². The summed E-state index contributed by atoms with van der Waals surface area (Å²) in [6, 6.07) is 0. The van der Waals surface area contributed by atoms with Crippen LogP contribution in [0.15, 0.2) is 12.3 Å². The van der Waals surface area contributed by atoms with Gasteiger partial charge in [-0.15, -0.1) is 0 Å². The number of carbonyl (C=O) groups excluding carboxylic acids is 2. The number of rotatable bonds is 7. The van der Waals surface area contributed by atoms with Gasteiger partial charge in [0.1, 0.15) is 6.10 Å². The minimum Gasteiger partial charge on any atom is -0.492 e. The van der Waals surface area contributed by atoms with Crippen molar-refractivity contribution in [3.8, 4) is 0 Å². The normalized spacial score (nSPS) is 22.1. The van der Waals surface area contributed by atoms with Gasteiger partial charge in [-0.2, -0.15) is 0 Å². The topological polar surface area (TPSA) is 71.1 Å². The van der Waals surface area contributed by atoms with Gasteiger partial charge in [0, 0.05) is 20.3 Å². The molecule has 3 atom stereocenters. The summed E-state index contributed by atoms with van der Waals surface area (Å²) >= 11 is 0. The second-order valence-corrected chi connectivity index (χ2v) is 9.54. The van der Waals surface area contributed by atoms with Crippen LogP contribution in [0, 0.1) is 0 Å². The lowest BCUT2D eigenvalue weighted by atomic mass is 10.1. The second-order valence-electron chi connectivity index (χ2n) is 6.19. The van der Waals surface area contributed by atoms with Crippen LogP contribution in [0.3, 0.4) is 0 Å².